The van der Waals surface area contributed by atoms with Crippen LogP contribution in [0.2, 0.25) is 0 Å². The molecule has 0 bridgehead atoms. The molecule has 25 heteroatoms. The Bertz CT molecular complexity index is 3590. The Hall–Kier alpha value is -9.68. The fourth-order valence-corrected chi connectivity index (χ4v) is 7.60. The van der Waals surface area contributed by atoms with Crippen molar-refractivity contribution >= 4 is 29.3 Å². The summed E-state index contributed by atoms with van der Waals surface area (Å²) in [7, 11) is 0. The van der Waals surface area contributed by atoms with Gasteiger partial charge in [-0.05, 0) is 51.2 Å². The number of aryl methyl sites for hydroxylation is 1. The fraction of sp³-hybridized carbons (Fsp3) is 0.561. The van der Waals surface area contributed by atoms with E-state index < -0.39 is 0 Å². The Kier molecular flexibility index (Phi) is 35.9. The first-order valence-corrected chi connectivity index (χ1v) is 35.8. The number of aromatic amines is 2. The molecule has 107 heavy (non-hydrogen) atoms. The SMILES string of the molecule is CC(C)(C)C1=CC(=O)CC=C1.CC(C)(C)c1cc(N)no1.CC(C)(C)c1cc(N)on1.CC(C)(C)c1ccnc(N)c1.CC(C)(C)c1ccno1.CC(C)(C)c1ccon1.CC(C)(C)c1cn[nH]c1.CC(C)(C)c1cn[nH]n1.CC(C)(C)c1cnc(N)o1.CC(C)(C)c1cnco1.Cc1ncc(C(C)(C)C)o1. The van der Waals surface area contributed by atoms with E-state index in [1.165, 1.54) is 17.5 Å². The highest BCUT2D eigenvalue weighted by Crippen LogP contribution is 2.30. The predicted molar refractivity (Wildman–Crippen MR) is 430 cm³/mol. The lowest BCUT2D eigenvalue weighted by Gasteiger charge is -2.21. The number of hydrogen-bond donors (Lipinski definition) is 6. The highest BCUT2D eigenvalue weighted by Gasteiger charge is 2.24. The van der Waals surface area contributed by atoms with Crippen molar-refractivity contribution in [3.05, 3.63) is 185 Å². The first-order chi connectivity index (χ1) is 48.5. The molecule has 0 saturated carbocycles. The molecule has 11 rings (SSSR count). The summed E-state index contributed by atoms with van der Waals surface area (Å²) < 4.78 is 34.8. The highest BCUT2D eigenvalue weighted by molar-refractivity contribution is 5.93. The van der Waals surface area contributed by atoms with Gasteiger partial charge < -0.3 is 54.3 Å². The third-order valence-corrected chi connectivity index (χ3v) is 14.7. The summed E-state index contributed by atoms with van der Waals surface area (Å²) in [6.45, 7) is 71.1. The van der Waals surface area contributed by atoms with Gasteiger partial charge in [-0.3, -0.25) is 9.89 Å². The number of pyridine rings is 1. The number of nitrogen functional groups attached to an aromatic ring is 4. The molecule has 25 nitrogen and oxygen atoms in total. The highest BCUT2D eigenvalue weighted by atomic mass is 16.5. The number of oxazole rings is 3. The Morgan fingerprint density at radius 3 is 1.23 bits per heavy atom. The number of allylic oxidation sites excluding steroid dienone is 4. The first-order valence-electron chi connectivity index (χ1n) is 35.8. The number of aromatic nitrogens is 13. The van der Waals surface area contributed by atoms with Crippen LogP contribution in [0.1, 0.15) is 298 Å². The van der Waals surface area contributed by atoms with Gasteiger partial charge in [0.05, 0.1) is 54.3 Å². The van der Waals surface area contributed by atoms with Gasteiger partial charge in [0.2, 0.25) is 5.88 Å². The Morgan fingerprint density at radius 2 is 0.991 bits per heavy atom. The van der Waals surface area contributed by atoms with Gasteiger partial charge in [-0.2, -0.15) is 20.5 Å². The molecule has 0 aromatic carbocycles. The molecule has 10 aromatic heterocycles. The Morgan fingerprint density at radius 1 is 0.439 bits per heavy atom. The third-order valence-electron chi connectivity index (χ3n) is 14.7. The molecule has 0 atom stereocenters. The van der Waals surface area contributed by atoms with Crippen molar-refractivity contribution in [2.45, 2.75) is 296 Å². The molecule has 1 aliphatic carbocycles. The summed E-state index contributed by atoms with van der Waals surface area (Å²) in [6.07, 6.45) is 23.5. The topological polar surface area (TPSA) is 386 Å². The van der Waals surface area contributed by atoms with Crippen LogP contribution in [0.4, 0.5) is 23.5 Å². The molecule has 0 aliphatic heterocycles. The molecule has 0 unspecified atom stereocenters. The summed E-state index contributed by atoms with van der Waals surface area (Å²) in [5.74, 6) is 6.85. The molecule has 0 saturated heterocycles. The molecule has 1 aliphatic rings. The van der Waals surface area contributed by atoms with Crippen molar-refractivity contribution in [2.75, 3.05) is 22.9 Å². The summed E-state index contributed by atoms with van der Waals surface area (Å²) in [5, 5.41) is 31.7. The average Bonchev–Trinajstić information content (AvgIpc) is 1.72. The summed E-state index contributed by atoms with van der Waals surface area (Å²) in [5.41, 5.74) is 29.1. The van der Waals surface area contributed by atoms with Gasteiger partial charge in [-0.25, -0.2) is 19.9 Å². The van der Waals surface area contributed by atoms with E-state index in [-0.39, 0.29) is 71.4 Å². The second kappa shape index (κ2) is 40.3. The lowest BCUT2D eigenvalue weighted by atomic mass is 9.83. The van der Waals surface area contributed by atoms with E-state index in [4.69, 9.17) is 54.3 Å². The standard InChI is InChI=1S/C10H14O.C9H14N2.C8H13NO.3C7H12N2O.C7H12N2.3C7H11NO.C6H11N3/c1-10(2,3)8-5-4-6-9(11)7-8;1-9(2,3)7-4-5-11-8(10)6-7;1-6-9-5-7(10-6)8(2,3)4;1-7(2,3)5-4-9-6(8)10-5;1-7(2,3)5-4-6(8)9-10-5;1-7(2,3)5-4-6(8)10-9-5;1-7(2,3)6-4-8-9-5-6;1-7(2,3)6-4-8-5-9-6;1-7(2,3)6-4-5-9-8-6;1-7(2,3)6-4-5-8-9-6;1-6(2,3)5-4-7-9-8-5/h4-5,7H,6H2,1-3H3;4-6H,1-3H3,(H2,10,11);5H,1-4H3;2*4H,1-3H3,(H2,8,9);4H,8H2,1-3H3;4-5H,1-3H3,(H,8,9);3*4-5H,1-3H3;4H,1-3H3,(H,7,8,9). The van der Waals surface area contributed by atoms with Crippen molar-refractivity contribution in [1.29, 1.82) is 0 Å². The predicted octanol–water partition coefficient (Wildman–Crippen LogP) is 20.1. The van der Waals surface area contributed by atoms with Crippen LogP contribution < -0.4 is 22.9 Å². The molecule has 594 valence electrons. The first kappa shape index (κ1) is 95.3. The largest absolute Gasteiger partial charge is 0.448 e. The number of carbonyl (C=O) groups is 1. The van der Waals surface area contributed by atoms with E-state index in [2.05, 4.69) is 253 Å². The molecule has 10 aromatic rings. The number of rotatable bonds is 0. The van der Waals surface area contributed by atoms with Crippen LogP contribution >= 0.6 is 0 Å². The average molecular weight is 1490 g/mol. The van der Waals surface area contributed by atoms with E-state index in [0.717, 1.165) is 57.3 Å². The number of ketones is 1. The second-order valence-electron chi connectivity index (χ2n) is 36.9. The van der Waals surface area contributed by atoms with E-state index >= 15 is 0 Å². The normalized spacial score (nSPS) is 12.5. The molecular formula is C82H133N17O8. The summed E-state index contributed by atoms with van der Waals surface area (Å²) in [4.78, 5) is 26.6. The Labute approximate surface area is 638 Å². The molecule has 0 spiro atoms. The van der Waals surface area contributed by atoms with Gasteiger partial charge >= 0.3 is 0 Å². The van der Waals surface area contributed by atoms with Crippen molar-refractivity contribution in [3.63, 3.8) is 0 Å². The zero-order chi connectivity index (χ0) is 82.6. The molecule has 0 fully saturated rings. The maximum absolute atomic E-state index is 11.0. The van der Waals surface area contributed by atoms with Crippen molar-refractivity contribution in [3.8, 4) is 0 Å². The number of anilines is 4. The van der Waals surface area contributed by atoms with Crippen molar-refractivity contribution in [2.24, 2.45) is 5.41 Å². The smallest absolute Gasteiger partial charge is 0.292 e. The van der Waals surface area contributed by atoms with E-state index in [1.807, 2.05) is 97.3 Å². The van der Waals surface area contributed by atoms with Gasteiger partial charge in [0, 0.05) is 93.3 Å². The number of H-pyrrole nitrogens is 2. The number of carbonyl (C=O) groups excluding carboxylic acids is 1. The van der Waals surface area contributed by atoms with E-state index in [0.29, 0.717) is 23.9 Å². The zero-order valence-electron chi connectivity index (χ0n) is 71.2. The van der Waals surface area contributed by atoms with Crippen LogP contribution in [0.3, 0.4) is 0 Å². The van der Waals surface area contributed by atoms with Crippen molar-refractivity contribution in [1.82, 2.24) is 66.2 Å². The molecule has 0 radical (unpaired) electrons. The maximum Gasteiger partial charge on any atom is 0.292 e. The summed E-state index contributed by atoms with van der Waals surface area (Å²) >= 11 is 0. The number of hydrogen-bond acceptors (Lipinski definition) is 23. The zero-order valence-corrected chi connectivity index (χ0v) is 71.2. The summed E-state index contributed by atoms with van der Waals surface area (Å²) in [6, 6.07) is 11.4. The Balaban J connectivity index is 0.000000589. The molecular weight excluding hydrogens is 1350 g/mol. The minimum absolute atomic E-state index is 0.00458. The monoisotopic (exact) mass is 1480 g/mol. The van der Waals surface area contributed by atoms with Gasteiger partial charge in [0.25, 0.3) is 6.01 Å². The third kappa shape index (κ3) is 39.5. The maximum atomic E-state index is 11.0. The van der Waals surface area contributed by atoms with Gasteiger partial charge in [-0.1, -0.05) is 261 Å². The van der Waals surface area contributed by atoms with E-state index in [1.54, 1.807) is 61.7 Å². The lowest BCUT2D eigenvalue weighted by Crippen LogP contribution is -2.11. The molecule has 10 N–H and O–H groups in total. The van der Waals surface area contributed by atoms with Crippen molar-refractivity contribution < 1.29 is 36.1 Å². The van der Waals surface area contributed by atoms with Crippen LogP contribution in [-0.2, 0) is 58.9 Å². The lowest BCUT2D eigenvalue weighted by molar-refractivity contribution is -0.114. The number of nitrogens with two attached hydrogens (primary N) is 4. The van der Waals surface area contributed by atoms with Gasteiger partial charge in [-0.15, -0.1) is 0 Å². The van der Waals surface area contributed by atoms with Crippen LogP contribution in [0.15, 0.2) is 154 Å². The minimum Gasteiger partial charge on any atom is -0.448 e. The fourth-order valence-electron chi connectivity index (χ4n) is 7.60. The van der Waals surface area contributed by atoms with E-state index in [9.17, 15) is 4.79 Å². The quantitative estimate of drug-likeness (QED) is 0.0821. The number of nitrogens with zero attached hydrogens (tertiary/aromatic N) is 11. The second-order valence-corrected chi connectivity index (χ2v) is 36.9. The van der Waals surface area contributed by atoms with Gasteiger partial charge in [0.1, 0.15) is 40.9 Å². The van der Waals surface area contributed by atoms with Crippen LogP contribution in [0.25, 0.3) is 0 Å². The van der Waals surface area contributed by atoms with Crippen LogP contribution in [0, 0.1) is 12.3 Å². The van der Waals surface area contributed by atoms with Crippen LogP contribution in [0.5, 0.6) is 0 Å². The molecule has 10 heterocycles. The van der Waals surface area contributed by atoms with Gasteiger partial charge in [0.15, 0.2) is 23.9 Å². The number of nitrogens with one attached hydrogen (secondary N) is 2. The minimum atomic E-state index is 0.00458. The molecule has 0 amide bonds. The van der Waals surface area contributed by atoms with Crippen LogP contribution in [-0.4, -0.2) is 72.0 Å².